The zero-order valence-electron chi connectivity index (χ0n) is 9.55. The molecule has 0 aliphatic heterocycles. The molecular weight excluding hydrogens is 304 g/mol. The van der Waals surface area contributed by atoms with Crippen molar-refractivity contribution in [1.82, 2.24) is 9.78 Å². The van der Waals surface area contributed by atoms with Crippen LogP contribution in [0, 0.1) is 6.92 Å². The lowest BCUT2D eigenvalue weighted by atomic mass is 10.2. The molecule has 0 aliphatic rings. The maximum absolute atomic E-state index is 12.0. The van der Waals surface area contributed by atoms with Gasteiger partial charge in [-0.2, -0.15) is 0 Å². The number of halogens is 2. The predicted octanol–water partition coefficient (Wildman–Crippen LogP) is 3.45. The summed E-state index contributed by atoms with van der Waals surface area (Å²) in [6.07, 6.45) is 0.766. The van der Waals surface area contributed by atoms with Gasteiger partial charge in [0.1, 0.15) is 4.47 Å². The Labute approximate surface area is 113 Å². The molecule has 1 aromatic heterocycles. The molecule has 2 rings (SSSR count). The van der Waals surface area contributed by atoms with Crippen LogP contribution in [0.25, 0.3) is 5.69 Å². The van der Waals surface area contributed by atoms with E-state index in [-0.39, 0.29) is 5.56 Å². The lowest BCUT2D eigenvalue weighted by Crippen LogP contribution is -2.14. The number of aromatic nitrogens is 2. The zero-order chi connectivity index (χ0) is 12.6. The van der Waals surface area contributed by atoms with Crippen LogP contribution < -0.4 is 5.56 Å². The molecule has 0 unspecified atom stereocenters. The monoisotopic (exact) mass is 314 g/mol. The Morgan fingerprint density at radius 1 is 1.47 bits per heavy atom. The summed E-state index contributed by atoms with van der Waals surface area (Å²) in [5.41, 5.74) is 2.52. The molecule has 0 aliphatic carbocycles. The van der Waals surface area contributed by atoms with Crippen molar-refractivity contribution in [2.45, 2.75) is 20.3 Å². The van der Waals surface area contributed by atoms with Gasteiger partial charge in [0.05, 0.1) is 11.4 Å². The summed E-state index contributed by atoms with van der Waals surface area (Å²) in [7, 11) is 0. The summed E-state index contributed by atoms with van der Waals surface area (Å²) in [6.45, 7) is 3.92. The van der Waals surface area contributed by atoms with E-state index in [1.807, 2.05) is 26.0 Å². The Morgan fingerprint density at radius 2 is 2.18 bits per heavy atom. The van der Waals surface area contributed by atoms with Gasteiger partial charge in [0.15, 0.2) is 0 Å². The van der Waals surface area contributed by atoms with Crippen LogP contribution in [0.3, 0.4) is 0 Å². The highest BCUT2D eigenvalue weighted by molar-refractivity contribution is 9.10. The molecule has 1 heterocycles. The van der Waals surface area contributed by atoms with E-state index in [1.165, 1.54) is 4.68 Å². The second kappa shape index (κ2) is 4.70. The molecule has 3 nitrogen and oxygen atoms in total. The maximum atomic E-state index is 12.0. The molecule has 90 valence electrons. The number of nitrogens with zero attached hydrogens (tertiary/aromatic N) is 1. The van der Waals surface area contributed by atoms with E-state index in [4.69, 9.17) is 11.6 Å². The van der Waals surface area contributed by atoms with Gasteiger partial charge in [-0.15, -0.1) is 0 Å². The first-order chi connectivity index (χ1) is 8.04. The molecule has 0 saturated heterocycles. The van der Waals surface area contributed by atoms with E-state index >= 15 is 0 Å². The SMILES string of the molecule is CCc1[nH]n(-c2ccc(C)c(Cl)c2)c(=O)c1Br. The number of hydrogen-bond donors (Lipinski definition) is 1. The minimum absolute atomic E-state index is 0.0956. The van der Waals surface area contributed by atoms with Crippen LogP contribution in [0.4, 0.5) is 0 Å². The summed E-state index contributed by atoms with van der Waals surface area (Å²) < 4.78 is 2.07. The number of rotatable bonds is 2. The van der Waals surface area contributed by atoms with Gasteiger partial charge in [0.2, 0.25) is 0 Å². The normalized spacial score (nSPS) is 10.8. The lowest BCUT2D eigenvalue weighted by molar-refractivity contribution is 0.819. The van der Waals surface area contributed by atoms with Gasteiger partial charge in [-0.05, 0) is 47.0 Å². The Bertz CT molecular complexity index is 615. The molecule has 0 radical (unpaired) electrons. The fourth-order valence-electron chi connectivity index (χ4n) is 1.60. The summed E-state index contributed by atoms with van der Waals surface area (Å²) in [4.78, 5) is 12.0. The Kier molecular flexibility index (Phi) is 3.45. The van der Waals surface area contributed by atoms with Crippen molar-refractivity contribution >= 4 is 27.5 Å². The van der Waals surface area contributed by atoms with E-state index in [0.29, 0.717) is 9.50 Å². The van der Waals surface area contributed by atoms with Crippen molar-refractivity contribution in [2.24, 2.45) is 0 Å². The average molecular weight is 316 g/mol. The summed E-state index contributed by atoms with van der Waals surface area (Å²) in [5.74, 6) is 0. The molecule has 0 atom stereocenters. The van der Waals surface area contributed by atoms with Crippen molar-refractivity contribution in [3.05, 3.63) is 49.3 Å². The molecule has 1 N–H and O–H groups in total. The third kappa shape index (κ3) is 2.19. The molecular formula is C12H12BrClN2O. The minimum atomic E-state index is -0.0956. The molecule has 2 aromatic rings. The highest BCUT2D eigenvalue weighted by Crippen LogP contribution is 2.19. The zero-order valence-corrected chi connectivity index (χ0v) is 11.9. The van der Waals surface area contributed by atoms with Crippen molar-refractivity contribution in [3.8, 4) is 5.69 Å². The quantitative estimate of drug-likeness (QED) is 0.905. The second-order valence-corrected chi connectivity index (χ2v) is 5.03. The number of hydrogen-bond acceptors (Lipinski definition) is 1. The number of aryl methyl sites for hydroxylation is 2. The van der Waals surface area contributed by atoms with Gasteiger partial charge >= 0.3 is 0 Å². The summed E-state index contributed by atoms with van der Waals surface area (Å²) in [6, 6.07) is 5.54. The van der Waals surface area contributed by atoms with Crippen LogP contribution in [-0.4, -0.2) is 9.78 Å². The molecule has 1 aromatic carbocycles. The van der Waals surface area contributed by atoms with Crippen LogP contribution in [0.15, 0.2) is 27.5 Å². The molecule has 0 bridgehead atoms. The number of H-pyrrole nitrogens is 1. The van der Waals surface area contributed by atoms with Crippen LogP contribution in [-0.2, 0) is 6.42 Å². The van der Waals surface area contributed by atoms with Gasteiger partial charge in [0.25, 0.3) is 5.56 Å². The number of benzene rings is 1. The summed E-state index contributed by atoms with van der Waals surface area (Å²) in [5, 5.41) is 3.71. The first kappa shape index (κ1) is 12.5. The third-order valence-corrected chi connectivity index (χ3v) is 3.89. The smallest absolute Gasteiger partial charge is 0.285 e. The molecule has 0 spiro atoms. The summed E-state index contributed by atoms with van der Waals surface area (Å²) >= 11 is 9.35. The van der Waals surface area contributed by atoms with Gasteiger partial charge in [-0.25, -0.2) is 4.68 Å². The molecule has 17 heavy (non-hydrogen) atoms. The molecule has 0 fully saturated rings. The maximum Gasteiger partial charge on any atom is 0.285 e. The Hall–Kier alpha value is -1.00. The van der Waals surface area contributed by atoms with E-state index in [2.05, 4.69) is 21.0 Å². The Balaban J connectivity index is 2.61. The average Bonchev–Trinajstić information content (AvgIpc) is 2.60. The topological polar surface area (TPSA) is 37.8 Å². The molecule has 0 amide bonds. The standard InChI is InChI=1S/C12H12BrClN2O/c1-3-10-11(13)12(17)16(15-10)8-5-4-7(2)9(14)6-8/h4-6,15H,3H2,1-2H3. The van der Waals surface area contributed by atoms with E-state index in [9.17, 15) is 4.79 Å². The van der Waals surface area contributed by atoms with E-state index < -0.39 is 0 Å². The third-order valence-electron chi connectivity index (χ3n) is 2.67. The van der Waals surface area contributed by atoms with Gasteiger partial charge in [0, 0.05) is 5.02 Å². The largest absolute Gasteiger partial charge is 0.294 e. The van der Waals surface area contributed by atoms with Crippen molar-refractivity contribution < 1.29 is 0 Å². The van der Waals surface area contributed by atoms with Crippen LogP contribution >= 0.6 is 27.5 Å². The van der Waals surface area contributed by atoms with Gasteiger partial charge in [-0.1, -0.05) is 24.6 Å². The number of aromatic amines is 1. The van der Waals surface area contributed by atoms with Crippen molar-refractivity contribution in [1.29, 1.82) is 0 Å². The fraction of sp³-hybridized carbons (Fsp3) is 0.250. The fourth-order valence-corrected chi connectivity index (χ4v) is 2.32. The van der Waals surface area contributed by atoms with E-state index in [1.54, 1.807) is 6.07 Å². The predicted molar refractivity (Wildman–Crippen MR) is 73.2 cm³/mol. The van der Waals surface area contributed by atoms with Crippen LogP contribution in [0.2, 0.25) is 5.02 Å². The van der Waals surface area contributed by atoms with Crippen molar-refractivity contribution in [3.63, 3.8) is 0 Å². The second-order valence-electron chi connectivity index (χ2n) is 3.83. The highest BCUT2D eigenvalue weighted by Gasteiger charge is 2.11. The molecule has 0 saturated carbocycles. The van der Waals surface area contributed by atoms with Gasteiger partial charge in [-0.3, -0.25) is 9.89 Å². The number of nitrogens with one attached hydrogen (secondary N) is 1. The first-order valence-corrected chi connectivity index (χ1v) is 6.47. The Morgan fingerprint density at radius 3 is 2.71 bits per heavy atom. The minimum Gasteiger partial charge on any atom is -0.294 e. The van der Waals surface area contributed by atoms with Crippen molar-refractivity contribution in [2.75, 3.05) is 0 Å². The molecule has 5 heteroatoms. The lowest BCUT2D eigenvalue weighted by Gasteiger charge is -2.04. The highest BCUT2D eigenvalue weighted by atomic mass is 79.9. The van der Waals surface area contributed by atoms with Crippen LogP contribution in [0.5, 0.6) is 0 Å². The van der Waals surface area contributed by atoms with Gasteiger partial charge < -0.3 is 0 Å². The van der Waals surface area contributed by atoms with Crippen LogP contribution in [0.1, 0.15) is 18.2 Å². The first-order valence-electron chi connectivity index (χ1n) is 5.30. The van der Waals surface area contributed by atoms with E-state index in [0.717, 1.165) is 23.4 Å².